The van der Waals surface area contributed by atoms with Crippen LogP contribution in [0.2, 0.25) is 5.02 Å². The van der Waals surface area contributed by atoms with E-state index in [1.165, 1.54) is 0 Å². The van der Waals surface area contributed by atoms with E-state index in [2.05, 4.69) is 10.3 Å². The third-order valence-electron chi connectivity index (χ3n) is 3.58. The molecule has 1 saturated heterocycles. The fraction of sp³-hybridized carbons (Fsp3) is 0.357. The van der Waals surface area contributed by atoms with Gasteiger partial charge in [0.15, 0.2) is 5.78 Å². The Bertz CT molecular complexity index is 584. The fourth-order valence-corrected chi connectivity index (χ4v) is 2.77. The van der Waals surface area contributed by atoms with Crippen molar-refractivity contribution in [3.8, 4) is 0 Å². The van der Waals surface area contributed by atoms with Crippen LogP contribution in [-0.4, -0.2) is 23.9 Å². The Hall–Kier alpha value is -1.32. The molecule has 0 saturated carbocycles. The maximum Gasteiger partial charge on any atom is 0.169 e. The summed E-state index contributed by atoms with van der Waals surface area (Å²) in [4.78, 5) is 15.6. The number of aromatic amines is 1. The maximum atomic E-state index is 12.5. The zero-order valence-corrected chi connectivity index (χ0v) is 10.8. The van der Waals surface area contributed by atoms with Crippen LogP contribution in [0, 0.1) is 5.92 Å². The minimum absolute atomic E-state index is 0.105. The molecule has 0 aliphatic carbocycles. The molecule has 1 aliphatic heterocycles. The number of carbonyl (C=O) groups excluding carboxylic acids is 1. The van der Waals surface area contributed by atoms with E-state index < -0.39 is 0 Å². The highest BCUT2D eigenvalue weighted by Crippen LogP contribution is 2.25. The van der Waals surface area contributed by atoms with Gasteiger partial charge in [-0.05, 0) is 31.5 Å². The molecule has 0 radical (unpaired) electrons. The van der Waals surface area contributed by atoms with Gasteiger partial charge in [-0.15, -0.1) is 0 Å². The third-order valence-corrected chi connectivity index (χ3v) is 3.81. The number of aromatic nitrogens is 1. The summed E-state index contributed by atoms with van der Waals surface area (Å²) >= 11 is 5.94. The Morgan fingerprint density at radius 1 is 1.39 bits per heavy atom. The van der Waals surface area contributed by atoms with Gasteiger partial charge in [-0.2, -0.15) is 0 Å². The second-order valence-corrected chi connectivity index (χ2v) is 5.24. The topological polar surface area (TPSA) is 44.9 Å². The number of hydrogen-bond acceptors (Lipinski definition) is 2. The fourth-order valence-electron chi connectivity index (χ4n) is 2.60. The molecule has 2 aromatic rings. The van der Waals surface area contributed by atoms with Crippen molar-refractivity contribution in [1.82, 2.24) is 10.3 Å². The minimum atomic E-state index is 0.105. The molecule has 1 aliphatic rings. The van der Waals surface area contributed by atoms with Crippen LogP contribution in [0.5, 0.6) is 0 Å². The molecular formula is C14H15ClN2O. The SMILES string of the molecule is O=C(c1c[nH]c2cc(Cl)ccc12)C1CCCNC1. The van der Waals surface area contributed by atoms with Crippen molar-refractivity contribution in [2.24, 2.45) is 5.92 Å². The average molecular weight is 263 g/mol. The first-order chi connectivity index (χ1) is 8.75. The Labute approximate surface area is 111 Å². The van der Waals surface area contributed by atoms with Crippen LogP contribution in [0.4, 0.5) is 0 Å². The van der Waals surface area contributed by atoms with Crippen LogP contribution in [0.15, 0.2) is 24.4 Å². The zero-order chi connectivity index (χ0) is 12.5. The summed E-state index contributed by atoms with van der Waals surface area (Å²) in [6.45, 7) is 1.81. The zero-order valence-electron chi connectivity index (χ0n) is 10.0. The number of halogens is 1. The van der Waals surface area contributed by atoms with Crippen LogP contribution in [0.25, 0.3) is 10.9 Å². The van der Waals surface area contributed by atoms with Gasteiger partial charge < -0.3 is 10.3 Å². The normalized spacial score (nSPS) is 20.2. The molecule has 3 rings (SSSR count). The molecule has 4 heteroatoms. The standard InChI is InChI=1S/C14H15ClN2O/c15-10-3-4-11-12(8-17-13(11)6-10)14(18)9-2-1-5-16-7-9/h3-4,6,8-9,16-17H,1-2,5,7H2. The average Bonchev–Trinajstić information content (AvgIpc) is 2.81. The molecule has 1 unspecified atom stereocenters. The molecule has 0 bridgehead atoms. The summed E-state index contributed by atoms with van der Waals surface area (Å²) < 4.78 is 0. The first kappa shape index (κ1) is 11.8. The van der Waals surface area contributed by atoms with Gasteiger partial charge in [-0.3, -0.25) is 4.79 Å². The largest absolute Gasteiger partial charge is 0.360 e. The second kappa shape index (κ2) is 4.75. The smallest absolute Gasteiger partial charge is 0.169 e. The van der Waals surface area contributed by atoms with Crippen molar-refractivity contribution < 1.29 is 4.79 Å². The van der Waals surface area contributed by atoms with Gasteiger partial charge in [-0.25, -0.2) is 0 Å². The molecule has 2 heterocycles. The van der Waals surface area contributed by atoms with Crippen molar-refractivity contribution in [1.29, 1.82) is 0 Å². The first-order valence-electron chi connectivity index (χ1n) is 6.27. The lowest BCUT2D eigenvalue weighted by Gasteiger charge is -2.21. The number of benzene rings is 1. The van der Waals surface area contributed by atoms with Gasteiger partial charge in [0.05, 0.1) is 0 Å². The predicted molar refractivity (Wildman–Crippen MR) is 73.2 cm³/mol. The molecule has 1 fully saturated rings. The molecule has 1 aromatic carbocycles. The molecule has 0 amide bonds. The second-order valence-electron chi connectivity index (χ2n) is 4.80. The number of rotatable bonds is 2. The number of fused-ring (bicyclic) bond motifs is 1. The van der Waals surface area contributed by atoms with Crippen LogP contribution in [-0.2, 0) is 0 Å². The van der Waals surface area contributed by atoms with E-state index in [4.69, 9.17) is 11.6 Å². The quantitative estimate of drug-likeness (QED) is 0.818. The van der Waals surface area contributed by atoms with E-state index in [0.717, 1.165) is 42.4 Å². The molecule has 3 nitrogen and oxygen atoms in total. The monoisotopic (exact) mass is 262 g/mol. The summed E-state index contributed by atoms with van der Waals surface area (Å²) in [5.74, 6) is 0.337. The third kappa shape index (κ3) is 2.04. The number of nitrogens with one attached hydrogen (secondary N) is 2. The highest BCUT2D eigenvalue weighted by atomic mass is 35.5. The lowest BCUT2D eigenvalue weighted by Crippen LogP contribution is -2.34. The summed E-state index contributed by atoms with van der Waals surface area (Å²) in [6, 6.07) is 5.60. The first-order valence-corrected chi connectivity index (χ1v) is 6.65. The van der Waals surface area contributed by atoms with E-state index in [9.17, 15) is 4.79 Å². The predicted octanol–water partition coefficient (Wildman–Crippen LogP) is 3.00. The van der Waals surface area contributed by atoms with Gasteiger partial charge in [0.1, 0.15) is 0 Å². The Morgan fingerprint density at radius 2 is 2.28 bits per heavy atom. The lowest BCUT2D eigenvalue weighted by molar-refractivity contribution is 0.0901. The van der Waals surface area contributed by atoms with Gasteiger partial charge >= 0.3 is 0 Å². The van der Waals surface area contributed by atoms with Crippen molar-refractivity contribution in [2.45, 2.75) is 12.8 Å². The van der Waals surface area contributed by atoms with E-state index >= 15 is 0 Å². The molecule has 94 valence electrons. The van der Waals surface area contributed by atoms with Gasteiger partial charge in [0.2, 0.25) is 0 Å². The molecule has 0 spiro atoms. The summed E-state index contributed by atoms with van der Waals surface area (Å²) in [7, 11) is 0. The molecule has 18 heavy (non-hydrogen) atoms. The summed E-state index contributed by atoms with van der Waals surface area (Å²) in [6.07, 6.45) is 3.86. The van der Waals surface area contributed by atoms with Crippen molar-refractivity contribution in [2.75, 3.05) is 13.1 Å². The number of Topliss-reactive ketones (excluding diaryl/α,β-unsaturated/α-hetero) is 1. The van der Waals surface area contributed by atoms with E-state index in [0.29, 0.717) is 5.02 Å². The minimum Gasteiger partial charge on any atom is -0.360 e. The molecular weight excluding hydrogens is 248 g/mol. The van der Waals surface area contributed by atoms with Crippen molar-refractivity contribution in [3.05, 3.63) is 35.0 Å². The molecule has 1 aromatic heterocycles. The van der Waals surface area contributed by atoms with Gasteiger partial charge in [-0.1, -0.05) is 17.7 Å². The molecule has 1 atom stereocenters. The number of piperidine rings is 1. The van der Waals surface area contributed by atoms with Gasteiger partial charge in [0, 0.05) is 40.1 Å². The highest BCUT2D eigenvalue weighted by Gasteiger charge is 2.24. The van der Waals surface area contributed by atoms with Crippen LogP contribution in [0.1, 0.15) is 23.2 Å². The number of ketones is 1. The van der Waals surface area contributed by atoms with Crippen molar-refractivity contribution in [3.63, 3.8) is 0 Å². The highest BCUT2D eigenvalue weighted by molar-refractivity contribution is 6.31. The van der Waals surface area contributed by atoms with E-state index in [-0.39, 0.29) is 11.7 Å². The van der Waals surface area contributed by atoms with Crippen LogP contribution < -0.4 is 5.32 Å². The number of hydrogen-bond donors (Lipinski definition) is 2. The Morgan fingerprint density at radius 3 is 3.06 bits per heavy atom. The summed E-state index contributed by atoms with van der Waals surface area (Å²) in [5, 5.41) is 4.93. The van der Waals surface area contributed by atoms with Crippen LogP contribution in [0.3, 0.4) is 0 Å². The van der Waals surface area contributed by atoms with Crippen LogP contribution >= 0.6 is 11.6 Å². The maximum absolute atomic E-state index is 12.5. The molecule has 2 N–H and O–H groups in total. The van der Waals surface area contributed by atoms with E-state index in [1.807, 2.05) is 18.2 Å². The Balaban J connectivity index is 1.96. The number of H-pyrrole nitrogens is 1. The van der Waals surface area contributed by atoms with E-state index in [1.54, 1.807) is 6.20 Å². The Kier molecular flexibility index (Phi) is 3.10. The number of carbonyl (C=O) groups is 1. The van der Waals surface area contributed by atoms with Crippen molar-refractivity contribution >= 4 is 28.3 Å². The summed E-state index contributed by atoms with van der Waals surface area (Å²) in [5.41, 5.74) is 1.71. The van der Waals surface area contributed by atoms with Gasteiger partial charge in [0.25, 0.3) is 0 Å². The lowest BCUT2D eigenvalue weighted by atomic mass is 9.91.